The predicted molar refractivity (Wildman–Crippen MR) is 116 cm³/mol. The monoisotopic (exact) mass is 396 g/mol. The van der Waals surface area contributed by atoms with Crippen molar-refractivity contribution in [1.82, 2.24) is 4.57 Å². The largest absolute Gasteiger partial charge is 0.493 e. The van der Waals surface area contributed by atoms with Crippen molar-refractivity contribution in [2.45, 2.75) is 19.9 Å². The molecule has 0 saturated carbocycles. The lowest BCUT2D eigenvalue weighted by atomic mass is 10.1. The first-order valence-electron chi connectivity index (χ1n) is 9.53. The minimum Gasteiger partial charge on any atom is -0.493 e. The van der Waals surface area contributed by atoms with Crippen LogP contribution < -0.4 is 15.8 Å². The third-order valence-corrected chi connectivity index (χ3v) is 4.91. The highest BCUT2D eigenvalue weighted by molar-refractivity contribution is 6.17. The molecule has 5 nitrogen and oxygen atoms in total. The maximum absolute atomic E-state index is 9.86. The number of nitrogens with zero attached hydrogens (tertiary/aromatic N) is 2. The number of aryl methyl sites for hydroxylation is 1. The first-order valence-corrected chi connectivity index (χ1v) is 10.1. The number of ether oxygens (including phenoxy) is 1. The molecule has 1 heterocycles. The molecule has 2 aromatic carbocycles. The normalized spacial score (nSPS) is 10.8. The van der Waals surface area contributed by atoms with Gasteiger partial charge in [-0.05, 0) is 43.2 Å². The van der Waals surface area contributed by atoms with Gasteiger partial charge in [-0.1, -0.05) is 12.1 Å². The molecule has 1 aromatic heterocycles. The van der Waals surface area contributed by atoms with Gasteiger partial charge in [-0.15, -0.1) is 11.6 Å². The summed E-state index contributed by atoms with van der Waals surface area (Å²) in [5, 5.41) is 14.1. The summed E-state index contributed by atoms with van der Waals surface area (Å²) >= 11 is 5.73. The van der Waals surface area contributed by atoms with Crippen molar-refractivity contribution >= 4 is 28.2 Å². The minimum absolute atomic E-state index is 0.576. The van der Waals surface area contributed by atoms with Gasteiger partial charge in [0.05, 0.1) is 23.4 Å². The Kier molecular flexibility index (Phi) is 6.80. The number of hydrogen-bond acceptors (Lipinski definition) is 4. The van der Waals surface area contributed by atoms with Gasteiger partial charge in [-0.25, -0.2) is 0 Å². The summed E-state index contributed by atoms with van der Waals surface area (Å²) in [5.74, 6) is 1.37. The lowest BCUT2D eigenvalue weighted by molar-refractivity contribution is 0.318. The lowest BCUT2D eigenvalue weighted by Crippen LogP contribution is -2.12. The van der Waals surface area contributed by atoms with E-state index in [2.05, 4.69) is 22.9 Å². The number of anilines is 1. The van der Waals surface area contributed by atoms with Gasteiger partial charge < -0.3 is 20.4 Å². The van der Waals surface area contributed by atoms with Crippen LogP contribution in [0.25, 0.3) is 22.2 Å². The highest BCUT2D eigenvalue weighted by atomic mass is 35.5. The Bertz CT molecular complexity index is 973. The Morgan fingerprint density at radius 3 is 2.64 bits per heavy atom. The van der Waals surface area contributed by atoms with Crippen molar-refractivity contribution in [3.63, 3.8) is 0 Å². The summed E-state index contributed by atoms with van der Waals surface area (Å²) in [7, 11) is 0. The Morgan fingerprint density at radius 2 is 2.00 bits per heavy atom. The van der Waals surface area contributed by atoms with Crippen molar-refractivity contribution in [3.8, 4) is 23.1 Å². The maximum atomic E-state index is 9.86. The van der Waals surface area contributed by atoms with Crippen LogP contribution in [0.15, 0.2) is 42.5 Å². The standard InChI is InChI=1S/C22H25ClN4O/c1-2-27-21-14-18(28-13-3-10-23)8-9-19(21)20(15-25)22(27)16-4-6-17(7-5-16)26-12-11-24/h4-9,14,26H,2-3,10-13,24H2,1H3. The second-order valence-electron chi connectivity index (χ2n) is 6.44. The molecule has 0 aliphatic carbocycles. The summed E-state index contributed by atoms with van der Waals surface area (Å²) in [5.41, 5.74) is 10.2. The Morgan fingerprint density at radius 1 is 1.21 bits per heavy atom. The Labute approximate surface area is 170 Å². The fourth-order valence-electron chi connectivity index (χ4n) is 3.37. The number of rotatable bonds is 9. The van der Waals surface area contributed by atoms with Gasteiger partial charge in [0.25, 0.3) is 0 Å². The van der Waals surface area contributed by atoms with Crippen LogP contribution in [0.4, 0.5) is 5.69 Å². The van der Waals surface area contributed by atoms with Crippen LogP contribution in [0, 0.1) is 11.3 Å². The van der Waals surface area contributed by atoms with E-state index in [0.29, 0.717) is 24.6 Å². The molecule has 0 atom stereocenters. The average Bonchev–Trinajstić information content (AvgIpc) is 3.05. The second kappa shape index (κ2) is 9.50. The average molecular weight is 397 g/mol. The molecule has 3 aromatic rings. The van der Waals surface area contributed by atoms with Crippen LogP contribution in [0.2, 0.25) is 0 Å². The zero-order valence-electron chi connectivity index (χ0n) is 16.0. The van der Waals surface area contributed by atoms with E-state index in [1.165, 1.54) is 0 Å². The van der Waals surface area contributed by atoms with Crippen LogP contribution in [0.3, 0.4) is 0 Å². The zero-order valence-corrected chi connectivity index (χ0v) is 16.8. The summed E-state index contributed by atoms with van der Waals surface area (Å²) in [6.07, 6.45) is 0.799. The molecule has 0 spiro atoms. The van der Waals surface area contributed by atoms with E-state index >= 15 is 0 Å². The van der Waals surface area contributed by atoms with Crippen molar-refractivity contribution in [3.05, 3.63) is 48.0 Å². The van der Waals surface area contributed by atoms with Crippen LogP contribution >= 0.6 is 11.6 Å². The number of fused-ring (bicyclic) bond motifs is 1. The fourth-order valence-corrected chi connectivity index (χ4v) is 3.48. The molecule has 146 valence electrons. The number of halogens is 1. The summed E-state index contributed by atoms with van der Waals surface area (Å²) < 4.78 is 7.97. The topological polar surface area (TPSA) is 76.0 Å². The molecule has 0 bridgehead atoms. The van der Waals surface area contributed by atoms with Crippen molar-refractivity contribution in [2.75, 3.05) is 30.9 Å². The minimum atomic E-state index is 0.576. The molecule has 0 aliphatic rings. The van der Waals surface area contributed by atoms with Gasteiger partial charge in [-0.3, -0.25) is 0 Å². The summed E-state index contributed by atoms with van der Waals surface area (Å²) in [6.45, 7) is 4.73. The van der Waals surface area contributed by atoms with Crippen LogP contribution in [-0.2, 0) is 6.54 Å². The van der Waals surface area contributed by atoms with Gasteiger partial charge in [-0.2, -0.15) is 5.26 Å². The molecule has 3 N–H and O–H groups in total. The van der Waals surface area contributed by atoms with Crippen LogP contribution in [-0.4, -0.2) is 30.1 Å². The number of nitriles is 1. The number of nitrogens with two attached hydrogens (primary N) is 1. The van der Waals surface area contributed by atoms with E-state index in [0.717, 1.165) is 53.1 Å². The smallest absolute Gasteiger partial charge is 0.121 e. The van der Waals surface area contributed by atoms with E-state index in [1.54, 1.807) is 0 Å². The SMILES string of the molecule is CCn1c(-c2ccc(NCCN)cc2)c(C#N)c2ccc(OCCCCl)cc21. The third kappa shape index (κ3) is 4.09. The quantitative estimate of drug-likeness (QED) is 0.410. The molecule has 3 rings (SSSR count). The molecule has 0 fully saturated rings. The molecule has 0 radical (unpaired) electrons. The van der Waals surface area contributed by atoms with Gasteiger partial charge in [0.15, 0.2) is 0 Å². The molecular formula is C22H25ClN4O. The van der Waals surface area contributed by atoms with Gasteiger partial charge >= 0.3 is 0 Å². The molecule has 0 saturated heterocycles. The van der Waals surface area contributed by atoms with Gasteiger partial charge in [0, 0.05) is 42.7 Å². The van der Waals surface area contributed by atoms with E-state index in [4.69, 9.17) is 22.1 Å². The van der Waals surface area contributed by atoms with Gasteiger partial charge in [0.2, 0.25) is 0 Å². The van der Waals surface area contributed by atoms with Crippen LogP contribution in [0.1, 0.15) is 18.9 Å². The molecular weight excluding hydrogens is 372 g/mol. The van der Waals surface area contributed by atoms with E-state index in [1.807, 2.05) is 42.5 Å². The van der Waals surface area contributed by atoms with E-state index in [-0.39, 0.29) is 0 Å². The molecule has 6 heteroatoms. The fraction of sp³-hybridized carbons (Fsp3) is 0.318. The number of aromatic nitrogens is 1. The second-order valence-corrected chi connectivity index (χ2v) is 6.82. The predicted octanol–water partition coefficient (Wildman–Crippen LogP) is 4.58. The molecule has 0 aliphatic heterocycles. The van der Waals surface area contributed by atoms with E-state index < -0.39 is 0 Å². The highest BCUT2D eigenvalue weighted by Gasteiger charge is 2.18. The number of hydrogen-bond donors (Lipinski definition) is 2. The molecule has 28 heavy (non-hydrogen) atoms. The Hall–Kier alpha value is -2.68. The number of alkyl halides is 1. The molecule has 0 amide bonds. The third-order valence-electron chi connectivity index (χ3n) is 4.64. The summed E-state index contributed by atoms with van der Waals surface area (Å²) in [4.78, 5) is 0. The first-order chi connectivity index (χ1) is 13.7. The van der Waals surface area contributed by atoms with Crippen molar-refractivity contribution in [1.29, 1.82) is 5.26 Å². The first kappa shape index (κ1) is 20.1. The zero-order chi connectivity index (χ0) is 19.9. The van der Waals surface area contributed by atoms with Crippen molar-refractivity contribution in [2.24, 2.45) is 5.73 Å². The van der Waals surface area contributed by atoms with E-state index in [9.17, 15) is 5.26 Å². The summed E-state index contributed by atoms with van der Waals surface area (Å²) in [6, 6.07) is 16.4. The molecule has 0 unspecified atom stereocenters. The maximum Gasteiger partial charge on any atom is 0.121 e. The van der Waals surface area contributed by atoms with Crippen LogP contribution in [0.5, 0.6) is 5.75 Å². The highest BCUT2D eigenvalue weighted by Crippen LogP contribution is 2.35. The van der Waals surface area contributed by atoms with Crippen molar-refractivity contribution < 1.29 is 4.74 Å². The number of benzene rings is 2. The lowest BCUT2D eigenvalue weighted by Gasteiger charge is -2.11. The Balaban J connectivity index is 2.04. The van der Waals surface area contributed by atoms with Gasteiger partial charge in [0.1, 0.15) is 11.8 Å². The number of nitrogens with one attached hydrogen (secondary N) is 1.